The maximum absolute atomic E-state index is 12.8. The van der Waals surface area contributed by atoms with Gasteiger partial charge in [-0.25, -0.2) is 13.4 Å². The van der Waals surface area contributed by atoms with Gasteiger partial charge in [0.05, 0.1) is 23.8 Å². The second-order valence-electron chi connectivity index (χ2n) is 6.80. The summed E-state index contributed by atoms with van der Waals surface area (Å²) in [5.41, 5.74) is 1.01. The minimum atomic E-state index is -3.36. The van der Waals surface area contributed by atoms with Crippen LogP contribution in [0.3, 0.4) is 0 Å². The Morgan fingerprint density at radius 1 is 1.31 bits per heavy atom. The van der Waals surface area contributed by atoms with Gasteiger partial charge in [-0.1, -0.05) is 6.42 Å². The molecule has 1 aliphatic rings. The van der Waals surface area contributed by atoms with Crippen molar-refractivity contribution in [1.29, 1.82) is 0 Å². The maximum Gasteiger partial charge on any atom is 0.252 e. The highest BCUT2D eigenvalue weighted by Gasteiger charge is 2.27. The van der Waals surface area contributed by atoms with E-state index in [0.717, 1.165) is 40.8 Å². The van der Waals surface area contributed by atoms with E-state index in [0.29, 0.717) is 30.4 Å². The van der Waals surface area contributed by atoms with Gasteiger partial charge < -0.3 is 10.2 Å². The Labute approximate surface area is 198 Å². The van der Waals surface area contributed by atoms with Crippen molar-refractivity contribution in [3.63, 3.8) is 0 Å². The summed E-state index contributed by atoms with van der Waals surface area (Å²) in [7, 11) is 0.341. The normalized spacial score (nSPS) is 15.8. The van der Waals surface area contributed by atoms with E-state index in [-0.39, 0.29) is 24.0 Å². The van der Waals surface area contributed by atoms with Crippen molar-refractivity contribution in [2.45, 2.75) is 43.5 Å². The third-order valence-electron chi connectivity index (χ3n) is 4.61. The molecule has 0 saturated carbocycles. The van der Waals surface area contributed by atoms with Crippen molar-refractivity contribution in [2.75, 3.05) is 27.2 Å². The van der Waals surface area contributed by atoms with E-state index in [1.54, 1.807) is 28.8 Å². The highest BCUT2D eigenvalue weighted by Crippen LogP contribution is 2.27. The monoisotopic (exact) mass is 569 g/mol. The lowest BCUT2D eigenvalue weighted by Crippen LogP contribution is -2.38. The van der Waals surface area contributed by atoms with Crippen LogP contribution in [-0.2, 0) is 23.1 Å². The lowest BCUT2D eigenvalue weighted by molar-refractivity contribution is 0.347. The third kappa shape index (κ3) is 6.36. The summed E-state index contributed by atoms with van der Waals surface area (Å²) in [5.74, 6) is 0.750. The zero-order chi connectivity index (χ0) is 20.1. The summed E-state index contributed by atoms with van der Waals surface area (Å²) in [6, 6.07) is 3.60. The van der Waals surface area contributed by atoms with Gasteiger partial charge in [0.1, 0.15) is 4.21 Å². The molecule has 1 fully saturated rings. The van der Waals surface area contributed by atoms with Gasteiger partial charge >= 0.3 is 0 Å². The van der Waals surface area contributed by atoms with Crippen LogP contribution in [0, 0.1) is 6.92 Å². The number of halogens is 1. The molecular formula is C18H28IN5O2S3. The van der Waals surface area contributed by atoms with Gasteiger partial charge in [0.2, 0.25) is 0 Å². The first kappa shape index (κ1) is 24.5. The van der Waals surface area contributed by atoms with E-state index >= 15 is 0 Å². The average molecular weight is 570 g/mol. The van der Waals surface area contributed by atoms with E-state index in [9.17, 15) is 8.42 Å². The standard InChI is InChI=1S/C18H27N5O2S3.HI/c1-14-21-15(13-26-14)12-22(3)18(19-2)20-11-16-7-8-17(27-16)28(24,25)23-9-5-4-6-10-23;/h7-8,13H,4-6,9-12H2,1-3H3,(H,19,20);1H. The molecule has 162 valence electrons. The van der Waals surface area contributed by atoms with Crippen LogP contribution in [0.5, 0.6) is 0 Å². The number of piperidine rings is 1. The zero-order valence-electron chi connectivity index (χ0n) is 16.9. The van der Waals surface area contributed by atoms with Gasteiger partial charge in [0.15, 0.2) is 5.96 Å². The van der Waals surface area contributed by atoms with E-state index in [2.05, 4.69) is 20.7 Å². The van der Waals surface area contributed by atoms with Gasteiger partial charge in [-0.3, -0.25) is 4.99 Å². The van der Waals surface area contributed by atoms with Crippen LogP contribution >= 0.6 is 46.7 Å². The van der Waals surface area contributed by atoms with Gasteiger partial charge in [0, 0.05) is 37.4 Å². The SMILES string of the molecule is CN=C(NCc1ccc(S(=O)(=O)N2CCCCC2)s1)N(C)Cc1csc(C)n1.I. The molecule has 2 aromatic heterocycles. The number of sulfonamides is 1. The summed E-state index contributed by atoms with van der Waals surface area (Å²) in [6.45, 7) is 4.45. The Morgan fingerprint density at radius 2 is 2.03 bits per heavy atom. The molecule has 7 nitrogen and oxygen atoms in total. The molecule has 2 aromatic rings. The summed E-state index contributed by atoms with van der Waals surface area (Å²) in [4.78, 5) is 11.8. The minimum absolute atomic E-state index is 0. The fraction of sp³-hybridized carbons (Fsp3) is 0.556. The van der Waals surface area contributed by atoms with Crippen molar-refractivity contribution >= 4 is 62.6 Å². The first-order valence-electron chi connectivity index (χ1n) is 9.32. The predicted molar refractivity (Wildman–Crippen MR) is 131 cm³/mol. The molecule has 1 aliphatic heterocycles. The molecule has 0 aromatic carbocycles. The number of nitrogens with one attached hydrogen (secondary N) is 1. The highest BCUT2D eigenvalue weighted by molar-refractivity contribution is 14.0. The molecule has 0 spiro atoms. The lowest BCUT2D eigenvalue weighted by atomic mass is 10.2. The quantitative estimate of drug-likeness (QED) is 0.328. The molecule has 3 rings (SSSR count). The average Bonchev–Trinajstić information content (AvgIpc) is 3.32. The van der Waals surface area contributed by atoms with E-state index < -0.39 is 10.0 Å². The summed E-state index contributed by atoms with van der Waals surface area (Å²) in [5, 5.41) is 6.41. The van der Waals surface area contributed by atoms with Crippen molar-refractivity contribution < 1.29 is 8.42 Å². The van der Waals surface area contributed by atoms with Crippen LogP contribution in [0.25, 0.3) is 0 Å². The first-order valence-corrected chi connectivity index (χ1v) is 12.5. The Kier molecular flexibility index (Phi) is 9.32. The Bertz CT molecular complexity index is 920. The number of thiazole rings is 1. The number of hydrogen-bond donors (Lipinski definition) is 1. The van der Waals surface area contributed by atoms with Crippen molar-refractivity contribution in [3.05, 3.63) is 33.1 Å². The molecule has 0 atom stereocenters. The fourth-order valence-electron chi connectivity index (χ4n) is 3.17. The molecule has 29 heavy (non-hydrogen) atoms. The molecule has 1 N–H and O–H groups in total. The number of thiophene rings is 1. The maximum atomic E-state index is 12.8. The van der Waals surface area contributed by atoms with Gasteiger partial charge in [-0.15, -0.1) is 46.7 Å². The van der Waals surface area contributed by atoms with Crippen molar-refractivity contribution in [2.24, 2.45) is 4.99 Å². The minimum Gasteiger partial charge on any atom is -0.351 e. The molecule has 0 radical (unpaired) electrons. The predicted octanol–water partition coefficient (Wildman–Crippen LogP) is 3.51. The van der Waals surface area contributed by atoms with E-state index in [1.165, 1.54) is 11.3 Å². The van der Waals surface area contributed by atoms with Crippen LogP contribution in [0.1, 0.15) is 34.8 Å². The molecule has 1 saturated heterocycles. The molecule has 0 amide bonds. The Balaban J connectivity index is 0.00000300. The third-order valence-corrected chi connectivity index (χ3v) is 8.88. The molecule has 0 unspecified atom stereocenters. The molecular weight excluding hydrogens is 541 g/mol. The zero-order valence-corrected chi connectivity index (χ0v) is 21.7. The smallest absolute Gasteiger partial charge is 0.252 e. The highest BCUT2D eigenvalue weighted by atomic mass is 127. The van der Waals surface area contributed by atoms with Crippen LogP contribution in [0.2, 0.25) is 0 Å². The van der Waals surface area contributed by atoms with Gasteiger partial charge in [-0.2, -0.15) is 4.31 Å². The van der Waals surface area contributed by atoms with Gasteiger partial charge in [-0.05, 0) is 31.9 Å². The number of aromatic nitrogens is 1. The summed E-state index contributed by atoms with van der Waals surface area (Å²) >= 11 is 2.96. The number of nitrogens with zero attached hydrogens (tertiary/aromatic N) is 4. The van der Waals surface area contributed by atoms with Crippen molar-refractivity contribution in [1.82, 2.24) is 19.5 Å². The largest absolute Gasteiger partial charge is 0.351 e. The first-order chi connectivity index (χ1) is 13.4. The Hall–Kier alpha value is -0.760. The topological polar surface area (TPSA) is 77.9 Å². The van der Waals surface area contributed by atoms with Gasteiger partial charge in [0.25, 0.3) is 10.0 Å². The number of rotatable bonds is 6. The van der Waals surface area contributed by atoms with Crippen LogP contribution in [-0.4, -0.2) is 55.8 Å². The second-order valence-corrected chi connectivity index (χ2v) is 11.2. The number of aryl methyl sites for hydroxylation is 1. The van der Waals surface area contributed by atoms with Crippen LogP contribution in [0.15, 0.2) is 26.7 Å². The van der Waals surface area contributed by atoms with E-state index in [4.69, 9.17) is 0 Å². The van der Waals surface area contributed by atoms with Crippen molar-refractivity contribution in [3.8, 4) is 0 Å². The fourth-order valence-corrected chi connectivity index (χ4v) is 6.74. The Morgan fingerprint density at radius 3 is 2.66 bits per heavy atom. The lowest BCUT2D eigenvalue weighted by Gasteiger charge is -2.25. The molecule has 0 aliphatic carbocycles. The second kappa shape index (κ2) is 11.0. The number of hydrogen-bond acceptors (Lipinski definition) is 6. The summed E-state index contributed by atoms with van der Waals surface area (Å²) in [6.07, 6.45) is 3.00. The van der Waals surface area contributed by atoms with Crippen LogP contribution < -0.4 is 5.32 Å². The van der Waals surface area contributed by atoms with E-state index in [1.807, 2.05) is 24.9 Å². The number of guanidine groups is 1. The molecule has 3 heterocycles. The summed E-state index contributed by atoms with van der Waals surface area (Å²) < 4.78 is 27.6. The molecule has 11 heteroatoms. The number of aliphatic imine (C=N–C) groups is 1. The molecule has 0 bridgehead atoms. The van der Waals surface area contributed by atoms with Crippen LogP contribution in [0.4, 0.5) is 0 Å².